The van der Waals surface area contributed by atoms with E-state index in [1.54, 1.807) is 42.5 Å². The van der Waals surface area contributed by atoms with Gasteiger partial charge in [0, 0.05) is 6.42 Å². The van der Waals surface area contributed by atoms with E-state index in [0.717, 1.165) is 30.2 Å². The average molecular weight is 893 g/mol. The van der Waals surface area contributed by atoms with Crippen molar-refractivity contribution in [3.05, 3.63) is 91.9 Å². The lowest BCUT2D eigenvalue weighted by atomic mass is 9.42. The molecule has 59 heavy (non-hydrogen) atoms. The number of carbonyl (C=O) groups is 2. The van der Waals surface area contributed by atoms with Gasteiger partial charge in [-0.25, -0.2) is 0 Å². The van der Waals surface area contributed by atoms with E-state index in [2.05, 4.69) is 39.8 Å². The van der Waals surface area contributed by atoms with Gasteiger partial charge in [0.2, 0.25) is 0 Å². The Morgan fingerprint density at radius 1 is 0.712 bits per heavy atom. The lowest BCUT2D eigenvalue weighted by Gasteiger charge is -2.35. The molecule has 15 heteroatoms. The molecule has 0 unspecified atom stereocenters. The highest BCUT2D eigenvalue weighted by molar-refractivity contribution is 6.76. The summed E-state index contributed by atoms with van der Waals surface area (Å²) in [5.41, 5.74) is 3.84. The predicted octanol–water partition coefficient (Wildman–Crippen LogP) is 11.0. The van der Waals surface area contributed by atoms with Gasteiger partial charge in [-0.3, -0.25) is 9.59 Å². The van der Waals surface area contributed by atoms with Gasteiger partial charge in [0.1, 0.15) is 49.6 Å². The number of aromatic hydroxyl groups is 1. The molecular formula is C44H51BCl4O10. The molecule has 0 bridgehead atoms. The summed E-state index contributed by atoms with van der Waals surface area (Å²) in [4.78, 5) is 21.7. The third kappa shape index (κ3) is 12.0. The molecule has 0 aromatic heterocycles. The Morgan fingerprint density at radius 2 is 1.29 bits per heavy atom. The fraction of sp³-hybridized carbons (Fsp3) is 0.409. The molecule has 3 heterocycles. The lowest BCUT2D eigenvalue weighted by Crippen LogP contribution is -2.30. The van der Waals surface area contributed by atoms with E-state index in [1.807, 2.05) is 0 Å². The lowest BCUT2D eigenvalue weighted by molar-refractivity contribution is -0.137. The van der Waals surface area contributed by atoms with Crippen LogP contribution in [0.25, 0.3) is 0 Å². The van der Waals surface area contributed by atoms with Crippen LogP contribution in [0.15, 0.2) is 60.7 Å². The minimum absolute atomic E-state index is 0.0426. The van der Waals surface area contributed by atoms with Crippen LogP contribution in [0.1, 0.15) is 62.9 Å². The predicted molar refractivity (Wildman–Crippen MR) is 236 cm³/mol. The number of carboxylic acid groups (broad SMARTS) is 1. The number of ether oxygens (including phenoxy) is 6. The number of carboxylic acids is 1. The fourth-order valence-electron chi connectivity index (χ4n) is 6.89. The number of benzene rings is 4. The van der Waals surface area contributed by atoms with E-state index < -0.39 is 5.97 Å². The topological polar surface area (TPSA) is 130 Å². The molecule has 1 saturated heterocycles. The molecule has 318 valence electrons. The minimum atomic E-state index is -0.908. The summed E-state index contributed by atoms with van der Waals surface area (Å²) < 4.78 is 31.2. The van der Waals surface area contributed by atoms with E-state index in [0.29, 0.717) is 74.9 Å². The second-order valence-corrected chi connectivity index (χ2v) is 16.8. The zero-order valence-corrected chi connectivity index (χ0v) is 37.4. The first-order chi connectivity index (χ1) is 28.0. The molecule has 0 radical (unpaired) electrons. The van der Waals surface area contributed by atoms with Gasteiger partial charge < -0.3 is 38.6 Å². The van der Waals surface area contributed by atoms with Crippen LogP contribution in [0.5, 0.6) is 40.2 Å². The number of hydrogen-bond donors (Lipinski definition) is 2. The first kappa shape index (κ1) is 47.5. The number of phenolic OH excluding ortho intramolecular Hbond substituents is 1. The molecule has 1 fully saturated rings. The number of aliphatic carboxylic acids is 1. The smallest absolute Gasteiger partial charge is 0.306 e. The molecule has 0 aliphatic carbocycles. The van der Waals surface area contributed by atoms with E-state index in [1.165, 1.54) is 51.1 Å². The van der Waals surface area contributed by atoms with Crippen molar-refractivity contribution < 1.29 is 48.2 Å². The van der Waals surface area contributed by atoms with Gasteiger partial charge in [0.05, 0.1) is 58.2 Å². The Labute approximate surface area is 367 Å². The molecule has 0 saturated carbocycles. The fourth-order valence-corrected chi connectivity index (χ4v) is 8.05. The largest absolute Gasteiger partial charge is 0.506 e. The maximum atomic E-state index is 11.5. The van der Waals surface area contributed by atoms with Crippen molar-refractivity contribution >= 4 is 70.3 Å². The maximum absolute atomic E-state index is 11.5. The number of ketones is 1. The molecular weight excluding hydrogens is 841 g/mol. The van der Waals surface area contributed by atoms with Crippen molar-refractivity contribution in [3.8, 4) is 40.2 Å². The van der Waals surface area contributed by atoms with Crippen LogP contribution in [-0.2, 0) is 11.2 Å². The summed E-state index contributed by atoms with van der Waals surface area (Å²) in [6.07, 6.45) is 4.96. The van der Waals surface area contributed by atoms with E-state index in [-0.39, 0.29) is 29.6 Å². The molecule has 0 atom stereocenters. The highest BCUT2D eigenvalue weighted by Gasteiger charge is 2.48. The Morgan fingerprint density at radius 3 is 1.90 bits per heavy atom. The summed E-state index contributed by atoms with van der Waals surface area (Å²) in [5, 5.41) is 19.3. The summed E-state index contributed by atoms with van der Waals surface area (Å²) in [7, 11) is 4.53. The van der Waals surface area contributed by atoms with Gasteiger partial charge in [-0.15, -0.1) is 0 Å². The first-order valence-electron chi connectivity index (χ1n) is 19.1. The van der Waals surface area contributed by atoms with Crippen molar-refractivity contribution in [1.29, 1.82) is 0 Å². The maximum Gasteiger partial charge on any atom is 0.306 e. The monoisotopic (exact) mass is 890 g/mol. The normalized spacial score (nSPS) is 15.4. The van der Waals surface area contributed by atoms with Gasteiger partial charge >= 0.3 is 5.97 Å². The highest BCUT2D eigenvalue weighted by atomic mass is 35.5. The van der Waals surface area contributed by atoms with Crippen LogP contribution >= 0.6 is 46.4 Å². The standard InChI is InChI=1S/C17H24BClO.C10H11ClO4.C10H9ClO3.C7H7ClO2/c1-16(2)10-18(11-17(16,3)4)13-8-7-12-6-5-9-20-15(12)14(13)19;1-14-7-3-2-4-8(10(7)11)15-6-5-9(12)13;1-13-8-3-2-6-7(12)4-5-14-10(6)9(8)11;1-10-6-4-2-3-5(9)7(6)8/h7-8H,5-6,9-11H2,1-4H3;2-4H,5-6H2,1H3,(H,12,13);2-3H,4-5H2,1H3;2-4,9H,1H3. The van der Waals surface area contributed by atoms with Gasteiger partial charge in [-0.1, -0.05) is 116 Å². The van der Waals surface area contributed by atoms with E-state index in [4.69, 9.17) is 85.0 Å². The van der Waals surface area contributed by atoms with Gasteiger partial charge in [-0.05, 0) is 65.6 Å². The summed E-state index contributed by atoms with van der Waals surface area (Å²) in [6.45, 7) is 11.4. The molecule has 0 amide bonds. The minimum Gasteiger partial charge on any atom is -0.506 e. The molecule has 4 aromatic rings. The number of rotatable bonds is 8. The Balaban J connectivity index is 0.000000179. The van der Waals surface area contributed by atoms with Crippen molar-refractivity contribution in [3.63, 3.8) is 0 Å². The van der Waals surface area contributed by atoms with Crippen molar-refractivity contribution in [2.45, 2.75) is 66.0 Å². The van der Waals surface area contributed by atoms with Crippen LogP contribution in [0.4, 0.5) is 0 Å². The Kier molecular flexibility index (Phi) is 17.2. The zero-order valence-electron chi connectivity index (χ0n) is 34.4. The molecule has 3 aliphatic heterocycles. The van der Waals surface area contributed by atoms with Crippen LogP contribution in [-0.4, -0.2) is 69.8 Å². The number of phenols is 1. The summed E-state index contributed by atoms with van der Waals surface area (Å²) >= 11 is 24.2. The highest BCUT2D eigenvalue weighted by Crippen LogP contribution is 2.53. The number of hydrogen-bond acceptors (Lipinski definition) is 9. The molecule has 0 spiro atoms. The summed E-state index contributed by atoms with van der Waals surface area (Å²) in [5.74, 6) is 2.55. The first-order valence-corrected chi connectivity index (χ1v) is 20.6. The number of halogens is 4. The molecule has 10 nitrogen and oxygen atoms in total. The average Bonchev–Trinajstić information content (AvgIpc) is 3.43. The Hall–Kier alpha value is -4.16. The second-order valence-electron chi connectivity index (χ2n) is 15.3. The van der Waals surface area contributed by atoms with Crippen LogP contribution in [0.3, 0.4) is 0 Å². The number of fused-ring (bicyclic) bond motifs is 2. The third-order valence-corrected chi connectivity index (χ3v) is 12.4. The number of carbonyl (C=O) groups excluding carboxylic acids is 1. The van der Waals surface area contributed by atoms with Gasteiger partial charge in [-0.2, -0.15) is 0 Å². The SMILES string of the molecule is CC1(C)CB(c2ccc3c(c2Cl)OCCC3)CC1(C)C.COc1ccc2c(c1Cl)OCCC2=O.COc1cccc(O)c1Cl.COc1cccc(OCCC(=O)O)c1Cl. The second kappa shape index (κ2) is 21.4. The van der Waals surface area contributed by atoms with Crippen molar-refractivity contribution in [1.82, 2.24) is 0 Å². The van der Waals surface area contributed by atoms with Crippen molar-refractivity contribution in [2.24, 2.45) is 10.8 Å². The van der Waals surface area contributed by atoms with Gasteiger partial charge in [0.15, 0.2) is 18.2 Å². The zero-order chi connectivity index (χ0) is 43.5. The molecule has 2 N–H and O–H groups in total. The number of Topliss-reactive ketones (excluding diaryl/α,β-unsaturated/α-hetero) is 1. The third-order valence-electron chi connectivity index (χ3n) is 10.9. The van der Waals surface area contributed by atoms with Crippen LogP contribution in [0, 0.1) is 10.8 Å². The van der Waals surface area contributed by atoms with Crippen molar-refractivity contribution in [2.75, 3.05) is 41.2 Å². The quantitative estimate of drug-likeness (QED) is 0.165. The molecule has 4 aromatic carbocycles. The Bertz CT molecular complexity index is 2080. The van der Waals surface area contributed by atoms with E-state index in [9.17, 15) is 9.59 Å². The summed E-state index contributed by atoms with van der Waals surface area (Å²) in [6, 6.07) is 17.8. The van der Waals surface area contributed by atoms with Crippen LogP contribution in [0.2, 0.25) is 32.7 Å². The molecule has 3 aliphatic rings. The molecule has 7 rings (SSSR count). The van der Waals surface area contributed by atoms with Gasteiger partial charge in [0.25, 0.3) is 0 Å². The number of methoxy groups -OCH3 is 3. The number of aryl methyl sites for hydroxylation is 1. The van der Waals surface area contributed by atoms with Crippen LogP contribution < -0.4 is 33.9 Å². The van der Waals surface area contributed by atoms with E-state index >= 15 is 0 Å².